The number of anilines is 1. The van der Waals surface area contributed by atoms with E-state index in [9.17, 15) is 10.1 Å². The number of nitrogens with one attached hydrogen (secondary N) is 1. The Morgan fingerprint density at radius 3 is 2.61 bits per heavy atom. The van der Waals surface area contributed by atoms with Crippen molar-refractivity contribution < 1.29 is 4.92 Å². The number of hydrogen-bond donors (Lipinski definition) is 1. The maximum atomic E-state index is 10.5. The van der Waals surface area contributed by atoms with Crippen LogP contribution in [0.1, 0.15) is 32.1 Å². The zero-order valence-electron chi connectivity index (χ0n) is 10.4. The summed E-state index contributed by atoms with van der Waals surface area (Å²) in [6.45, 7) is 0.893. The molecule has 1 aliphatic carbocycles. The van der Waals surface area contributed by atoms with Crippen molar-refractivity contribution in [3.05, 3.63) is 46.0 Å². The molecule has 0 fully saturated rings. The highest BCUT2D eigenvalue weighted by Crippen LogP contribution is 2.20. The number of hydrogen-bond acceptors (Lipinski definition) is 3. The van der Waals surface area contributed by atoms with Crippen LogP contribution < -0.4 is 5.32 Å². The fourth-order valence-corrected chi connectivity index (χ4v) is 2.20. The second-order valence-corrected chi connectivity index (χ2v) is 4.59. The Morgan fingerprint density at radius 1 is 1.22 bits per heavy atom. The first-order chi connectivity index (χ1) is 8.75. The largest absolute Gasteiger partial charge is 0.385 e. The summed E-state index contributed by atoms with van der Waals surface area (Å²) in [5.74, 6) is 0. The smallest absolute Gasteiger partial charge is 0.269 e. The molecule has 1 aliphatic rings. The van der Waals surface area contributed by atoms with Gasteiger partial charge < -0.3 is 5.32 Å². The van der Waals surface area contributed by atoms with E-state index < -0.39 is 0 Å². The van der Waals surface area contributed by atoms with Crippen LogP contribution in [0.4, 0.5) is 11.4 Å². The SMILES string of the molecule is O=[N+]([O-])c1ccc(NCCC2=CCCCC2)cc1. The fourth-order valence-electron chi connectivity index (χ4n) is 2.20. The Hall–Kier alpha value is -1.84. The van der Waals surface area contributed by atoms with Crippen LogP contribution in [0, 0.1) is 10.1 Å². The molecule has 1 aromatic carbocycles. The van der Waals surface area contributed by atoms with Gasteiger partial charge in [0.05, 0.1) is 4.92 Å². The van der Waals surface area contributed by atoms with Crippen molar-refractivity contribution in [2.75, 3.05) is 11.9 Å². The summed E-state index contributed by atoms with van der Waals surface area (Å²) in [6, 6.07) is 6.57. The molecule has 0 aliphatic heterocycles. The lowest BCUT2D eigenvalue weighted by Crippen LogP contribution is -2.04. The van der Waals surface area contributed by atoms with E-state index in [4.69, 9.17) is 0 Å². The molecule has 0 bridgehead atoms. The molecular formula is C14H18N2O2. The van der Waals surface area contributed by atoms with E-state index in [2.05, 4.69) is 11.4 Å². The van der Waals surface area contributed by atoms with E-state index >= 15 is 0 Å². The average molecular weight is 246 g/mol. The normalized spacial score (nSPS) is 15.0. The summed E-state index contributed by atoms with van der Waals surface area (Å²) in [6.07, 6.45) is 8.48. The maximum Gasteiger partial charge on any atom is 0.269 e. The minimum atomic E-state index is -0.378. The van der Waals surface area contributed by atoms with Gasteiger partial charge in [-0.3, -0.25) is 10.1 Å². The first-order valence-corrected chi connectivity index (χ1v) is 6.42. The first-order valence-electron chi connectivity index (χ1n) is 6.42. The van der Waals surface area contributed by atoms with Gasteiger partial charge in [0, 0.05) is 24.4 Å². The molecule has 4 heteroatoms. The number of nitro benzene ring substituents is 1. The molecule has 1 N–H and O–H groups in total. The van der Waals surface area contributed by atoms with Crippen LogP contribution in [0.25, 0.3) is 0 Å². The molecule has 0 aromatic heterocycles. The average Bonchev–Trinajstić information content (AvgIpc) is 2.40. The second kappa shape index (κ2) is 6.19. The highest BCUT2D eigenvalue weighted by Gasteiger charge is 2.05. The van der Waals surface area contributed by atoms with Gasteiger partial charge >= 0.3 is 0 Å². The summed E-state index contributed by atoms with van der Waals surface area (Å²) >= 11 is 0. The summed E-state index contributed by atoms with van der Waals surface area (Å²) in [7, 11) is 0. The number of non-ortho nitro benzene ring substituents is 1. The van der Waals surface area contributed by atoms with Crippen molar-refractivity contribution in [3.8, 4) is 0 Å². The first kappa shape index (κ1) is 12.6. The van der Waals surface area contributed by atoms with Crippen molar-refractivity contribution in [3.63, 3.8) is 0 Å². The zero-order valence-corrected chi connectivity index (χ0v) is 10.4. The van der Waals surface area contributed by atoms with Gasteiger partial charge in [0.2, 0.25) is 0 Å². The van der Waals surface area contributed by atoms with Crippen LogP contribution in [-0.4, -0.2) is 11.5 Å². The number of nitro groups is 1. The quantitative estimate of drug-likeness (QED) is 0.487. The summed E-state index contributed by atoms with van der Waals surface area (Å²) < 4.78 is 0. The third-order valence-electron chi connectivity index (χ3n) is 3.24. The Morgan fingerprint density at radius 2 is 2.00 bits per heavy atom. The lowest BCUT2D eigenvalue weighted by Gasteiger charge is -2.13. The summed E-state index contributed by atoms with van der Waals surface area (Å²) in [4.78, 5) is 10.1. The van der Waals surface area contributed by atoms with Crippen molar-refractivity contribution in [1.82, 2.24) is 0 Å². The van der Waals surface area contributed by atoms with Crippen LogP contribution in [0.2, 0.25) is 0 Å². The lowest BCUT2D eigenvalue weighted by atomic mass is 9.97. The van der Waals surface area contributed by atoms with Gasteiger partial charge in [-0.2, -0.15) is 0 Å². The number of allylic oxidation sites excluding steroid dienone is 1. The molecule has 18 heavy (non-hydrogen) atoms. The molecule has 0 amide bonds. The van der Waals surface area contributed by atoms with Crippen molar-refractivity contribution in [1.29, 1.82) is 0 Å². The van der Waals surface area contributed by atoms with E-state index in [1.54, 1.807) is 12.1 Å². The van der Waals surface area contributed by atoms with Gasteiger partial charge in [0.15, 0.2) is 0 Å². The summed E-state index contributed by atoms with van der Waals surface area (Å²) in [5.41, 5.74) is 2.61. The van der Waals surface area contributed by atoms with Crippen molar-refractivity contribution in [2.45, 2.75) is 32.1 Å². The monoisotopic (exact) mass is 246 g/mol. The fraction of sp³-hybridized carbons (Fsp3) is 0.429. The molecule has 0 saturated carbocycles. The van der Waals surface area contributed by atoms with E-state index in [0.29, 0.717) is 0 Å². The van der Waals surface area contributed by atoms with Gasteiger partial charge in [-0.15, -0.1) is 0 Å². The minimum absolute atomic E-state index is 0.135. The molecule has 4 nitrogen and oxygen atoms in total. The number of rotatable bonds is 5. The standard InChI is InChI=1S/C14H18N2O2/c17-16(18)14-8-6-13(7-9-14)15-11-10-12-4-2-1-3-5-12/h4,6-9,15H,1-3,5,10-11H2. The molecule has 0 radical (unpaired) electrons. The Labute approximate surface area is 107 Å². The maximum absolute atomic E-state index is 10.5. The second-order valence-electron chi connectivity index (χ2n) is 4.59. The third kappa shape index (κ3) is 3.58. The number of nitrogens with zero attached hydrogens (tertiary/aromatic N) is 1. The van der Waals surface area contributed by atoms with Crippen LogP contribution in [0.5, 0.6) is 0 Å². The molecule has 0 unspecified atom stereocenters. The molecule has 1 aromatic rings. The molecular weight excluding hydrogens is 228 g/mol. The van der Waals surface area contributed by atoms with Gasteiger partial charge in [0.1, 0.15) is 0 Å². The van der Waals surface area contributed by atoms with E-state index in [-0.39, 0.29) is 10.6 Å². The van der Waals surface area contributed by atoms with Crippen LogP contribution in [0.15, 0.2) is 35.9 Å². The highest BCUT2D eigenvalue weighted by molar-refractivity contribution is 5.48. The van der Waals surface area contributed by atoms with E-state index in [0.717, 1.165) is 18.7 Å². The van der Waals surface area contributed by atoms with Gasteiger partial charge in [-0.1, -0.05) is 11.6 Å². The Bertz CT molecular complexity index is 438. The Balaban J connectivity index is 1.79. The molecule has 2 rings (SSSR count). The van der Waals surface area contributed by atoms with Gasteiger partial charge in [0.25, 0.3) is 5.69 Å². The Kier molecular flexibility index (Phi) is 4.34. The van der Waals surface area contributed by atoms with Crippen LogP contribution in [0.3, 0.4) is 0 Å². The molecule has 0 saturated heterocycles. The predicted octanol–water partition coefficient (Wildman–Crippen LogP) is 3.90. The highest BCUT2D eigenvalue weighted by atomic mass is 16.6. The number of benzene rings is 1. The molecule has 0 atom stereocenters. The van der Waals surface area contributed by atoms with Crippen molar-refractivity contribution in [2.24, 2.45) is 0 Å². The predicted molar refractivity (Wildman–Crippen MR) is 72.8 cm³/mol. The van der Waals surface area contributed by atoms with E-state index in [1.807, 2.05) is 0 Å². The van der Waals surface area contributed by atoms with Crippen molar-refractivity contribution >= 4 is 11.4 Å². The topological polar surface area (TPSA) is 55.2 Å². The zero-order chi connectivity index (χ0) is 12.8. The minimum Gasteiger partial charge on any atom is -0.385 e. The molecule has 0 heterocycles. The van der Waals surface area contributed by atoms with Gasteiger partial charge in [-0.25, -0.2) is 0 Å². The van der Waals surface area contributed by atoms with E-state index in [1.165, 1.54) is 43.4 Å². The van der Waals surface area contributed by atoms with Crippen LogP contribution in [-0.2, 0) is 0 Å². The molecule has 0 spiro atoms. The van der Waals surface area contributed by atoms with Crippen LogP contribution >= 0.6 is 0 Å². The lowest BCUT2D eigenvalue weighted by molar-refractivity contribution is -0.384. The van der Waals surface area contributed by atoms with Gasteiger partial charge in [-0.05, 0) is 44.2 Å². The summed E-state index contributed by atoms with van der Waals surface area (Å²) in [5, 5.41) is 13.8. The molecule has 96 valence electrons. The third-order valence-corrected chi connectivity index (χ3v) is 3.24.